The Bertz CT molecular complexity index is 1220. The Hall–Kier alpha value is -3.84. The molecule has 2 heterocycles. The molecule has 0 aliphatic carbocycles. The summed E-state index contributed by atoms with van der Waals surface area (Å²) < 4.78 is 5.75. The molecule has 162 valence electrons. The number of H-pyrrole nitrogens is 1. The first-order valence-corrected chi connectivity index (χ1v) is 10.4. The van der Waals surface area contributed by atoms with E-state index in [0.29, 0.717) is 46.7 Å². The van der Waals surface area contributed by atoms with E-state index in [0.717, 1.165) is 16.7 Å². The third-order valence-corrected chi connectivity index (χ3v) is 5.08. The summed E-state index contributed by atoms with van der Waals surface area (Å²) in [6.45, 7) is 2.44. The summed E-state index contributed by atoms with van der Waals surface area (Å²) in [6.07, 6.45) is 2.22. The van der Waals surface area contributed by atoms with Crippen LogP contribution in [-0.4, -0.2) is 21.1 Å². The Morgan fingerprint density at radius 1 is 1.12 bits per heavy atom. The molecule has 0 spiro atoms. The fourth-order valence-corrected chi connectivity index (χ4v) is 3.46. The summed E-state index contributed by atoms with van der Waals surface area (Å²) in [5.41, 5.74) is 9.62. The summed E-state index contributed by atoms with van der Waals surface area (Å²) in [5, 5.41) is 11.0. The number of hydrogen-bond donors (Lipinski definition) is 3. The number of amides is 1. The van der Waals surface area contributed by atoms with Crippen molar-refractivity contribution in [1.29, 1.82) is 0 Å². The van der Waals surface area contributed by atoms with Crippen molar-refractivity contribution < 1.29 is 9.53 Å². The number of carbonyl (C=O) groups is 1. The Kier molecular flexibility index (Phi) is 6.37. The van der Waals surface area contributed by atoms with Crippen molar-refractivity contribution in [3.8, 4) is 11.6 Å². The number of nitrogens with zero attached hydrogens (tertiary/aromatic N) is 2. The maximum absolute atomic E-state index is 12.1. The van der Waals surface area contributed by atoms with E-state index in [2.05, 4.69) is 20.5 Å². The van der Waals surface area contributed by atoms with Crippen LogP contribution in [0.5, 0.6) is 11.6 Å². The van der Waals surface area contributed by atoms with E-state index in [9.17, 15) is 4.79 Å². The van der Waals surface area contributed by atoms with Crippen LogP contribution in [0, 0.1) is 6.92 Å². The van der Waals surface area contributed by atoms with Crippen molar-refractivity contribution in [1.82, 2.24) is 15.2 Å². The number of aromatic amines is 1. The molecular weight excluding hydrogens is 426 g/mol. The van der Waals surface area contributed by atoms with Gasteiger partial charge >= 0.3 is 0 Å². The number of nitrogens with two attached hydrogens (primary N) is 1. The number of ether oxygens (including phenoxy) is 1. The quantitative estimate of drug-likeness (QED) is 0.357. The first kappa shape index (κ1) is 21.4. The average molecular weight is 448 g/mol. The highest BCUT2D eigenvalue weighted by Crippen LogP contribution is 2.23. The molecule has 0 bridgehead atoms. The number of rotatable bonds is 8. The summed E-state index contributed by atoms with van der Waals surface area (Å²) in [5.74, 6) is 1.09. The number of pyridine rings is 1. The van der Waals surface area contributed by atoms with Crippen molar-refractivity contribution in [2.45, 2.75) is 19.9 Å². The van der Waals surface area contributed by atoms with Gasteiger partial charge in [-0.2, -0.15) is 5.10 Å². The highest BCUT2D eigenvalue weighted by atomic mass is 35.5. The third kappa shape index (κ3) is 5.25. The molecule has 2 aromatic carbocycles. The lowest BCUT2D eigenvalue weighted by Crippen LogP contribution is -2.15. The molecule has 0 aliphatic rings. The second kappa shape index (κ2) is 9.53. The zero-order valence-electron chi connectivity index (χ0n) is 17.4. The molecule has 4 rings (SSSR count). The average Bonchev–Trinajstić information content (AvgIpc) is 3.17. The van der Waals surface area contributed by atoms with Gasteiger partial charge in [-0.3, -0.25) is 9.89 Å². The largest absolute Gasteiger partial charge is 0.439 e. The second-order valence-corrected chi connectivity index (χ2v) is 7.81. The number of benzene rings is 2. The van der Waals surface area contributed by atoms with Gasteiger partial charge in [-0.25, -0.2) is 4.98 Å². The van der Waals surface area contributed by atoms with Gasteiger partial charge in [-0.05, 0) is 47.9 Å². The number of aryl methyl sites for hydroxylation is 1. The van der Waals surface area contributed by atoms with Gasteiger partial charge in [0.15, 0.2) is 5.82 Å². The predicted molar refractivity (Wildman–Crippen MR) is 124 cm³/mol. The fourth-order valence-electron chi connectivity index (χ4n) is 3.25. The van der Waals surface area contributed by atoms with Crippen molar-refractivity contribution in [2.24, 2.45) is 5.73 Å². The maximum atomic E-state index is 12.1. The van der Waals surface area contributed by atoms with Crippen LogP contribution in [0.1, 0.15) is 32.7 Å². The third-order valence-electron chi connectivity index (χ3n) is 4.85. The van der Waals surface area contributed by atoms with Crippen LogP contribution in [0.3, 0.4) is 0 Å². The van der Waals surface area contributed by atoms with Gasteiger partial charge in [-0.1, -0.05) is 41.9 Å². The first-order chi connectivity index (χ1) is 15.5. The summed E-state index contributed by atoms with van der Waals surface area (Å²) >= 11 is 6.06. The zero-order chi connectivity index (χ0) is 22.5. The number of anilines is 1. The minimum Gasteiger partial charge on any atom is -0.439 e. The monoisotopic (exact) mass is 447 g/mol. The molecule has 0 atom stereocenters. The van der Waals surface area contributed by atoms with Crippen LogP contribution in [0.2, 0.25) is 5.02 Å². The molecule has 2 aromatic heterocycles. The minimum absolute atomic E-state index is 0.343. The van der Waals surface area contributed by atoms with Crippen LogP contribution < -0.4 is 15.8 Å². The summed E-state index contributed by atoms with van der Waals surface area (Å²) in [6, 6.07) is 18.8. The van der Waals surface area contributed by atoms with Gasteiger partial charge in [0.2, 0.25) is 5.88 Å². The number of halogens is 1. The Morgan fingerprint density at radius 2 is 1.94 bits per heavy atom. The molecule has 32 heavy (non-hydrogen) atoms. The zero-order valence-corrected chi connectivity index (χ0v) is 18.2. The SMILES string of the molecule is Cc1ccc(Oc2ccc(CNc3n[nH]c(Cc4cccc(Cl)c4)c3C(N)=O)cc2)nc1. The fraction of sp³-hybridized carbons (Fsp3) is 0.125. The number of carbonyl (C=O) groups excluding carboxylic acids is 1. The van der Waals surface area contributed by atoms with Gasteiger partial charge in [0.05, 0.1) is 5.69 Å². The smallest absolute Gasteiger partial charge is 0.254 e. The highest BCUT2D eigenvalue weighted by Gasteiger charge is 2.18. The molecule has 0 unspecified atom stereocenters. The van der Waals surface area contributed by atoms with Gasteiger partial charge in [0, 0.05) is 30.3 Å². The lowest BCUT2D eigenvalue weighted by Gasteiger charge is -2.08. The molecule has 8 heteroatoms. The van der Waals surface area contributed by atoms with E-state index in [1.54, 1.807) is 12.3 Å². The molecule has 0 aliphatic heterocycles. The van der Waals surface area contributed by atoms with E-state index >= 15 is 0 Å². The van der Waals surface area contributed by atoms with Gasteiger partial charge in [-0.15, -0.1) is 0 Å². The van der Waals surface area contributed by atoms with E-state index < -0.39 is 5.91 Å². The van der Waals surface area contributed by atoms with Crippen LogP contribution >= 0.6 is 11.6 Å². The van der Waals surface area contributed by atoms with Crippen LogP contribution in [0.4, 0.5) is 5.82 Å². The summed E-state index contributed by atoms with van der Waals surface area (Å²) in [7, 11) is 0. The van der Waals surface area contributed by atoms with Gasteiger partial charge in [0.1, 0.15) is 11.3 Å². The molecule has 7 nitrogen and oxygen atoms in total. The maximum Gasteiger partial charge on any atom is 0.254 e. The number of nitrogens with one attached hydrogen (secondary N) is 2. The standard InChI is InChI=1S/C24H22ClN5O2/c1-15-5-10-21(27-13-15)32-19-8-6-16(7-9-19)14-28-24-22(23(26)31)20(29-30-24)12-17-3-2-4-18(25)11-17/h2-11,13H,12,14H2,1H3,(H2,26,31)(H2,28,29,30). The van der Waals surface area contributed by atoms with E-state index in [1.165, 1.54) is 0 Å². The second-order valence-electron chi connectivity index (χ2n) is 7.37. The highest BCUT2D eigenvalue weighted by molar-refractivity contribution is 6.30. The minimum atomic E-state index is -0.548. The van der Waals surface area contributed by atoms with E-state index in [4.69, 9.17) is 22.1 Å². The topological polar surface area (TPSA) is 106 Å². The number of hydrogen-bond acceptors (Lipinski definition) is 5. The Balaban J connectivity index is 1.42. The van der Waals surface area contributed by atoms with Crippen LogP contribution in [0.15, 0.2) is 66.9 Å². The van der Waals surface area contributed by atoms with Gasteiger partial charge in [0.25, 0.3) is 5.91 Å². The van der Waals surface area contributed by atoms with Crippen LogP contribution in [-0.2, 0) is 13.0 Å². The molecule has 1 amide bonds. The van der Waals surface area contributed by atoms with Crippen LogP contribution in [0.25, 0.3) is 0 Å². The van der Waals surface area contributed by atoms with Crippen molar-refractivity contribution in [3.63, 3.8) is 0 Å². The molecular formula is C24H22ClN5O2. The van der Waals surface area contributed by atoms with Crippen molar-refractivity contribution in [2.75, 3.05) is 5.32 Å². The predicted octanol–water partition coefficient (Wildman–Crippen LogP) is 4.86. The van der Waals surface area contributed by atoms with Crippen molar-refractivity contribution >= 4 is 23.3 Å². The lowest BCUT2D eigenvalue weighted by atomic mass is 10.1. The molecule has 0 fully saturated rings. The molecule has 0 saturated carbocycles. The van der Waals surface area contributed by atoms with Gasteiger partial charge < -0.3 is 15.8 Å². The Labute approximate surface area is 190 Å². The van der Waals surface area contributed by atoms with E-state index in [-0.39, 0.29) is 0 Å². The molecule has 0 saturated heterocycles. The summed E-state index contributed by atoms with van der Waals surface area (Å²) in [4.78, 5) is 16.3. The number of primary amides is 1. The van der Waals surface area contributed by atoms with E-state index in [1.807, 2.05) is 61.5 Å². The molecule has 4 aromatic rings. The Morgan fingerprint density at radius 3 is 2.62 bits per heavy atom. The molecule has 4 N–H and O–H groups in total. The first-order valence-electron chi connectivity index (χ1n) is 10.0. The lowest BCUT2D eigenvalue weighted by molar-refractivity contribution is 0.100. The number of aromatic nitrogens is 3. The van der Waals surface area contributed by atoms with Crippen molar-refractivity contribution in [3.05, 3.63) is 99.8 Å². The molecule has 0 radical (unpaired) electrons. The normalized spacial score (nSPS) is 10.7.